The summed E-state index contributed by atoms with van der Waals surface area (Å²) in [5.41, 5.74) is 56.6. The maximum atomic E-state index is 11.0. The summed E-state index contributed by atoms with van der Waals surface area (Å²) in [7, 11) is 0. The molecule has 0 fully saturated rings. The van der Waals surface area contributed by atoms with Gasteiger partial charge < -0.3 is 86.1 Å². The second-order valence-corrected chi connectivity index (χ2v) is 23.0. The van der Waals surface area contributed by atoms with Crippen LogP contribution in [-0.4, -0.2) is 92.2 Å². The maximum Gasteiger partial charge on any atom is 0.347 e. The van der Waals surface area contributed by atoms with Gasteiger partial charge in [0.15, 0.2) is 15.2 Å². The third-order valence-electron chi connectivity index (χ3n) is 14.6. The van der Waals surface area contributed by atoms with E-state index < -0.39 is 22.8 Å². The SMILES string of the molecule is Cc1ccc2[nH]c(=O)nc(N)c2c1.Cc1ccc2c(N)nc(=O)[nH]c2c1.Cc1cccc2[nH]c(=O)nc(N)c12.Cc1cccc2[nH]c(=S)nc(N)c12.Cc1cccc2c(N)nc(=O)[nH]c12.NC1=NCNc2ccccc21.Nc1[nH]c(=S)nc2nccnc12.Nc1nc(=S)[nH]c2ccccc12. The fourth-order valence-corrected chi connectivity index (χ4v) is 10.6. The summed E-state index contributed by atoms with van der Waals surface area (Å²) in [6.07, 6.45) is 3.10. The summed E-state index contributed by atoms with van der Waals surface area (Å²) < 4.78 is 1.17. The summed E-state index contributed by atoms with van der Waals surface area (Å²) in [6.45, 7) is 10.3. The molecule has 33 heteroatoms. The van der Waals surface area contributed by atoms with Crippen molar-refractivity contribution in [3.63, 3.8) is 0 Å². The standard InChI is InChI=1S/4C9H9N3O.C9H9N3S.C8H7N3S.C8H9N3.C6H5N5S/c1-5-2-3-7-6(4-5)8(10)12-9(13)11-7;1-5-2-3-6-7(4-5)11-9(13)12-8(6)10;1-5-3-2-4-6-7(5)8(10)12-9(13)11-6;1-5-3-2-4-6-7(5)11-9(13)12-8(6)10;1-5-3-2-4-6-7(5)8(10)12-9(13)11-6;9-7-5-3-1-2-4-6(5)10-8(12)11-7;9-8-6-3-1-2-4-7(6)10-5-11-8;7-4-3-5(9-2-1-8-3)11-6(12)10-4/h5*2-4H,1H3,(H3,10,11,12,13);1-4H,(H3,9,10,11,12);1-4,10H,5H2,(H2,9,11);1-2H,(H3,7,9,10,11,12). The Morgan fingerprint density at radius 1 is 0.380 bits per heavy atom. The number of anilines is 8. The first kappa shape index (κ1) is 71.0. The van der Waals surface area contributed by atoms with Gasteiger partial charge in [0.1, 0.15) is 58.7 Å². The molecule has 16 rings (SSSR count). The van der Waals surface area contributed by atoms with Gasteiger partial charge >= 0.3 is 22.8 Å². The topological polar surface area (TPSA) is 527 Å². The largest absolute Gasteiger partial charge is 0.383 e. The highest BCUT2D eigenvalue weighted by Gasteiger charge is 2.10. The van der Waals surface area contributed by atoms with Gasteiger partial charge in [-0.2, -0.15) is 24.9 Å². The molecule has 0 bridgehead atoms. The smallest absolute Gasteiger partial charge is 0.347 e. The van der Waals surface area contributed by atoms with Gasteiger partial charge in [-0.3, -0.25) is 0 Å². The van der Waals surface area contributed by atoms with E-state index in [-0.39, 0.29) is 23.3 Å². The van der Waals surface area contributed by atoms with E-state index in [1.54, 1.807) is 12.4 Å². The molecule has 8 aromatic heterocycles. The monoisotopic (exact) mass is 1390 g/mol. The Hall–Kier alpha value is -13.3. The molecule has 30 nitrogen and oxygen atoms in total. The molecule has 0 amide bonds. The van der Waals surface area contributed by atoms with E-state index in [2.05, 4.69) is 90.1 Å². The van der Waals surface area contributed by atoms with Gasteiger partial charge in [-0.1, -0.05) is 78.4 Å². The van der Waals surface area contributed by atoms with Crippen molar-refractivity contribution in [1.82, 2.24) is 79.7 Å². The Kier molecular flexibility index (Phi) is 22.7. The first-order chi connectivity index (χ1) is 47.8. The highest BCUT2D eigenvalue weighted by molar-refractivity contribution is 7.71. The number of nitrogen functional groups attached to an aromatic ring is 7. The Balaban J connectivity index is 0.000000133. The van der Waals surface area contributed by atoms with Crippen molar-refractivity contribution >= 4 is 165 Å². The summed E-state index contributed by atoms with van der Waals surface area (Å²) >= 11 is 14.6. The molecule has 0 saturated carbocycles. The molecule has 1 aliphatic rings. The number of aromatic nitrogens is 16. The van der Waals surface area contributed by atoms with E-state index in [1.807, 2.05) is 174 Å². The summed E-state index contributed by atoms with van der Waals surface area (Å²) in [4.78, 5) is 101. The molecule has 24 N–H and O–H groups in total. The van der Waals surface area contributed by atoms with E-state index in [9.17, 15) is 19.2 Å². The molecule has 15 aromatic rings. The summed E-state index contributed by atoms with van der Waals surface area (Å²) in [5, 5.41) is 8.18. The number of rotatable bonds is 0. The predicted molar refractivity (Wildman–Crippen MR) is 406 cm³/mol. The minimum Gasteiger partial charge on any atom is -0.383 e. The van der Waals surface area contributed by atoms with Crippen LogP contribution in [0.25, 0.3) is 76.6 Å². The molecule has 7 aromatic carbocycles. The van der Waals surface area contributed by atoms with Crippen LogP contribution in [0.1, 0.15) is 33.4 Å². The van der Waals surface area contributed by atoms with Crippen LogP contribution >= 0.6 is 36.7 Å². The molecule has 0 saturated heterocycles. The van der Waals surface area contributed by atoms with Crippen molar-refractivity contribution in [1.29, 1.82) is 0 Å². The number of hydrogen-bond acceptors (Lipinski definition) is 26. The van der Waals surface area contributed by atoms with Crippen molar-refractivity contribution in [2.24, 2.45) is 10.7 Å². The molecule has 0 spiro atoms. The number of aromatic amines is 7. The number of aryl methyl sites for hydroxylation is 5. The number of nitrogens with one attached hydrogen (secondary N) is 8. The minimum atomic E-state index is -0.408. The number of para-hydroxylation sites is 3. The Bertz CT molecular complexity index is 5810. The fraction of sp³-hybridized carbons (Fsp3) is 0.0896. The normalized spacial score (nSPS) is 10.9. The Labute approximate surface area is 581 Å². The molecule has 0 unspecified atom stereocenters. The third-order valence-corrected chi connectivity index (χ3v) is 15.2. The minimum absolute atomic E-state index is 0.277. The van der Waals surface area contributed by atoms with Crippen LogP contribution < -0.4 is 73.9 Å². The van der Waals surface area contributed by atoms with Crippen LogP contribution in [0, 0.1) is 48.9 Å². The lowest BCUT2D eigenvalue weighted by atomic mass is 10.1. The highest BCUT2D eigenvalue weighted by Crippen LogP contribution is 2.24. The number of aliphatic imine (C=N–C) groups is 1. The zero-order chi connectivity index (χ0) is 71.9. The average Bonchev–Trinajstić information content (AvgIpc) is 0.815. The van der Waals surface area contributed by atoms with Crippen LogP contribution in [0.3, 0.4) is 0 Å². The highest BCUT2D eigenvalue weighted by atomic mass is 32.1. The Morgan fingerprint density at radius 2 is 0.840 bits per heavy atom. The average molecular weight is 1400 g/mol. The van der Waals surface area contributed by atoms with Crippen LogP contribution in [0.15, 0.2) is 176 Å². The van der Waals surface area contributed by atoms with E-state index >= 15 is 0 Å². The van der Waals surface area contributed by atoms with Crippen molar-refractivity contribution < 1.29 is 0 Å². The molecule has 1 aliphatic heterocycles. The second-order valence-electron chi connectivity index (χ2n) is 21.8. The summed E-state index contributed by atoms with van der Waals surface area (Å²) in [6, 6.07) is 44.0. The fourth-order valence-electron chi connectivity index (χ4n) is 9.97. The molecule has 100 heavy (non-hydrogen) atoms. The molecule has 506 valence electrons. The van der Waals surface area contributed by atoms with Gasteiger partial charge in [-0.05, 0) is 160 Å². The van der Waals surface area contributed by atoms with Gasteiger partial charge in [0.2, 0.25) is 4.77 Å². The number of hydrogen-bond donors (Lipinski definition) is 16. The summed E-state index contributed by atoms with van der Waals surface area (Å²) in [5.74, 6) is 3.13. The molecular formula is C67H66N26O4S3. The molecular weight excluding hydrogens is 1330 g/mol. The van der Waals surface area contributed by atoms with Gasteiger partial charge in [0, 0.05) is 56.0 Å². The van der Waals surface area contributed by atoms with Gasteiger partial charge in [0.25, 0.3) is 0 Å². The first-order valence-corrected chi connectivity index (χ1v) is 31.1. The number of amidine groups is 1. The third kappa shape index (κ3) is 18.0. The Morgan fingerprint density at radius 3 is 1.53 bits per heavy atom. The lowest BCUT2D eigenvalue weighted by molar-refractivity contribution is 1.10. The maximum absolute atomic E-state index is 11.0. The van der Waals surface area contributed by atoms with Crippen LogP contribution in [0.4, 0.5) is 46.4 Å². The number of nitrogens with zero attached hydrogens (tertiary/aromatic N) is 10. The number of nitrogens with two attached hydrogens (primary N) is 8. The first-order valence-electron chi connectivity index (χ1n) is 29.9. The van der Waals surface area contributed by atoms with Crippen molar-refractivity contribution in [3.8, 4) is 0 Å². The van der Waals surface area contributed by atoms with Crippen molar-refractivity contribution in [2.75, 3.05) is 52.1 Å². The van der Waals surface area contributed by atoms with E-state index in [0.29, 0.717) is 55.4 Å². The van der Waals surface area contributed by atoms with Gasteiger partial charge in [0.05, 0.1) is 33.1 Å². The lowest BCUT2D eigenvalue weighted by Gasteiger charge is -2.14. The van der Waals surface area contributed by atoms with Gasteiger partial charge in [-0.25, -0.2) is 44.1 Å². The predicted octanol–water partition coefficient (Wildman–Crippen LogP) is 8.75. The van der Waals surface area contributed by atoms with E-state index in [4.69, 9.17) is 82.5 Å². The molecule has 0 aliphatic carbocycles. The van der Waals surface area contributed by atoms with Crippen molar-refractivity contribution in [2.45, 2.75) is 34.6 Å². The van der Waals surface area contributed by atoms with Crippen LogP contribution in [-0.2, 0) is 0 Å². The zero-order valence-electron chi connectivity index (χ0n) is 54.1. The molecule has 0 atom stereocenters. The number of fused-ring (bicyclic) bond motifs is 8. The van der Waals surface area contributed by atoms with Crippen LogP contribution in [0.5, 0.6) is 0 Å². The number of H-pyrrole nitrogens is 7. The quantitative estimate of drug-likeness (QED) is 0.0630. The lowest BCUT2D eigenvalue weighted by Crippen LogP contribution is -2.22. The number of benzene rings is 7. The van der Waals surface area contributed by atoms with E-state index in [1.165, 1.54) is 0 Å². The molecule has 0 radical (unpaired) electrons. The van der Waals surface area contributed by atoms with Gasteiger partial charge in [-0.15, -0.1) is 0 Å². The van der Waals surface area contributed by atoms with E-state index in [0.717, 1.165) is 104 Å². The van der Waals surface area contributed by atoms with Crippen LogP contribution in [0.2, 0.25) is 0 Å². The second kappa shape index (κ2) is 32.0. The zero-order valence-corrected chi connectivity index (χ0v) is 56.5. The van der Waals surface area contributed by atoms with Crippen molar-refractivity contribution in [3.05, 3.63) is 242 Å². The molecule has 9 heterocycles.